The summed E-state index contributed by atoms with van der Waals surface area (Å²) in [5, 5.41) is 6.06. The van der Waals surface area contributed by atoms with Gasteiger partial charge in [0.2, 0.25) is 0 Å². The summed E-state index contributed by atoms with van der Waals surface area (Å²) in [6, 6.07) is 10.5. The average Bonchev–Trinajstić information content (AvgIpc) is 3.46. The Labute approximate surface area is 188 Å². The molecule has 0 spiro atoms. The van der Waals surface area contributed by atoms with Crippen molar-refractivity contribution in [3.8, 4) is 0 Å². The monoisotopic (exact) mass is 436 g/mol. The molecule has 170 valence electrons. The van der Waals surface area contributed by atoms with E-state index in [1.807, 2.05) is 32.0 Å². The Morgan fingerprint density at radius 2 is 2.09 bits per heavy atom. The molecule has 2 heterocycles. The van der Waals surface area contributed by atoms with Crippen LogP contribution in [0.1, 0.15) is 49.1 Å². The van der Waals surface area contributed by atoms with E-state index in [0.29, 0.717) is 31.5 Å². The summed E-state index contributed by atoms with van der Waals surface area (Å²) >= 11 is 0. The summed E-state index contributed by atoms with van der Waals surface area (Å²) in [7, 11) is 0. The molecule has 1 aromatic carbocycles. The van der Waals surface area contributed by atoms with Crippen molar-refractivity contribution in [3.63, 3.8) is 0 Å². The number of benzene rings is 1. The van der Waals surface area contributed by atoms with Crippen LogP contribution in [-0.4, -0.2) is 39.8 Å². The van der Waals surface area contributed by atoms with Gasteiger partial charge in [-0.3, -0.25) is 0 Å². The molecule has 8 heteroatoms. The zero-order valence-corrected chi connectivity index (χ0v) is 18.8. The fourth-order valence-corrected chi connectivity index (χ4v) is 4.15. The molecule has 0 saturated heterocycles. The number of pyridine rings is 1. The zero-order chi connectivity index (χ0) is 22.5. The van der Waals surface area contributed by atoms with Gasteiger partial charge in [-0.2, -0.15) is 0 Å². The number of carbonyl (C=O) groups is 1. The number of nitrogens with two attached hydrogens (primary N) is 1. The molecule has 4 N–H and O–H groups in total. The maximum Gasteiger partial charge on any atom is 0.315 e. The number of rotatable bonds is 10. The van der Waals surface area contributed by atoms with Crippen molar-refractivity contribution >= 4 is 22.9 Å². The fraction of sp³-hybridized carbons (Fsp3) is 0.458. The third kappa shape index (κ3) is 5.02. The number of fused-ring (bicyclic) bond motifs is 1. The Morgan fingerprint density at radius 1 is 1.28 bits per heavy atom. The van der Waals surface area contributed by atoms with Crippen LogP contribution in [0.4, 0.5) is 10.6 Å². The maximum absolute atomic E-state index is 12.2. The highest BCUT2D eigenvalue weighted by molar-refractivity contribution is 5.87. The number of hydrogen-bond donors (Lipinski definition) is 3. The largest absolute Gasteiger partial charge is 0.382 e. The van der Waals surface area contributed by atoms with Crippen LogP contribution in [0.15, 0.2) is 36.5 Å². The molecule has 32 heavy (non-hydrogen) atoms. The molecule has 3 aromatic rings. The molecule has 2 aromatic heterocycles. The van der Waals surface area contributed by atoms with Crippen LogP contribution in [0.3, 0.4) is 0 Å². The van der Waals surface area contributed by atoms with Gasteiger partial charge in [0.25, 0.3) is 0 Å². The van der Waals surface area contributed by atoms with Crippen molar-refractivity contribution in [2.75, 3.05) is 18.9 Å². The third-order valence-corrected chi connectivity index (χ3v) is 5.92. The minimum Gasteiger partial charge on any atom is -0.382 e. The van der Waals surface area contributed by atoms with Crippen LogP contribution in [0.25, 0.3) is 11.0 Å². The molecular weight excluding hydrogens is 404 g/mol. The summed E-state index contributed by atoms with van der Waals surface area (Å²) in [6.07, 6.45) is 4.56. The molecule has 2 unspecified atom stereocenters. The molecule has 1 fully saturated rings. The summed E-state index contributed by atoms with van der Waals surface area (Å²) < 4.78 is 7.78. The van der Waals surface area contributed by atoms with Gasteiger partial charge in [-0.05, 0) is 44.2 Å². The van der Waals surface area contributed by atoms with Crippen molar-refractivity contribution in [2.45, 2.75) is 58.2 Å². The molecule has 4 rings (SSSR count). The van der Waals surface area contributed by atoms with Crippen LogP contribution in [0.5, 0.6) is 0 Å². The van der Waals surface area contributed by atoms with E-state index in [1.54, 1.807) is 6.20 Å². The Bertz CT molecular complexity index is 1070. The number of nitrogen functional groups attached to an aromatic ring is 1. The highest BCUT2D eigenvalue weighted by Gasteiger charge is 2.39. The van der Waals surface area contributed by atoms with Gasteiger partial charge in [0, 0.05) is 37.9 Å². The van der Waals surface area contributed by atoms with Gasteiger partial charge < -0.3 is 25.7 Å². The smallest absolute Gasteiger partial charge is 0.315 e. The number of urea groups is 1. The quantitative estimate of drug-likeness (QED) is 0.422. The maximum atomic E-state index is 12.2. The van der Waals surface area contributed by atoms with Gasteiger partial charge in [0.05, 0.1) is 5.52 Å². The number of hydrogen-bond acceptors (Lipinski definition) is 5. The second-order valence-electron chi connectivity index (χ2n) is 8.31. The second-order valence-corrected chi connectivity index (χ2v) is 8.31. The minimum atomic E-state index is -0.0896. The van der Waals surface area contributed by atoms with Crippen molar-refractivity contribution in [1.82, 2.24) is 25.2 Å². The highest BCUT2D eigenvalue weighted by atomic mass is 16.5. The molecule has 0 aliphatic heterocycles. The van der Waals surface area contributed by atoms with E-state index < -0.39 is 0 Å². The summed E-state index contributed by atoms with van der Waals surface area (Å²) in [5.41, 5.74) is 10.1. The number of ether oxygens (including phenoxy) is 1. The minimum absolute atomic E-state index is 0.0896. The van der Waals surface area contributed by atoms with Crippen LogP contribution < -0.4 is 16.4 Å². The fourth-order valence-electron chi connectivity index (χ4n) is 4.15. The average molecular weight is 437 g/mol. The lowest BCUT2D eigenvalue weighted by atomic mass is 10.1. The Hall–Kier alpha value is -3.13. The topological polar surface area (TPSA) is 107 Å². The van der Waals surface area contributed by atoms with Gasteiger partial charge in [-0.25, -0.2) is 14.8 Å². The zero-order valence-electron chi connectivity index (χ0n) is 18.8. The van der Waals surface area contributed by atoms with Gasteiger partial charge in [-0.1, -0.05) is 30.3 Å². The highest BCUT2D eigenvalue weighted by Crippen LogP contribution is 2.40. The Balaban J connectivity index is 1.26. The molecule has 1 saturated carbocycles. The van der Waals surface area contributed by atoms with Gasteiger partial charge >= 0.3 is 6.03 Å². The Morgan fingerprint density at radius 3 is 2.88 bits per heavy atom. The molecular formula is C24H32N6O2. The number of aromatic nitrogens is 3. The van der Waals surface area contributed by atoms with Crippen molar-refractivity contribution in [3.05, 3.63) is 53.5 Å². The third-order valence-electron chi connectivity index (χ3n) is 5.92. The van der Waals surface area contributed by atoms with E-state index in [1.165, 1.54) is 5.56 Å². The lowest BCUT2D eigenvalue weighted by Crippen LogP contribution is -2.37. The van der Waals surface area contributed by atoms with Crippen molar-refractivity contribution in [2.24, 2.45) is 0 Å². The SMILES string of the molecule is CCOCc1nc2c(N)ncc(C)c2n1CCCCNC(=O)NC1CC1c1ccccc1. The predicted octanol–water partition coefficient (Wildman–Crippen LogP) is 3.49. The van der Waals surface area contributed by atoms with E-state index in [2.05, 4.69) is 37.3 Å². The first-order valence-corrected chi connectivity index (χ1v) is 11.4. The van der Waals surface area contributed by atoms with Gasteiger partial charge in [0.1, 0.15) is 17.9 Å². The molecule has 0 bridgehead atoms. The second kappa shape index (κ2) is 9.99. The van der Waals surface area contributed by atoms with Crippen molar-refractivity contribution in [1.29, 1.82) is 0 Å². The van der Waals surface area contributed by atoms with E-state index in [9.17, 15) is 4.79 Å². The molecule has 1 aliphatic rings. The standard InChI is InChI=1S/C24H32N6O2/c1-3-32-15-20-29-21-22(16(2)14-27-23(21)25)30(20)12-8-7-11-26-24(31)28-19-13-18(19)17-9-5-4-6-10-17/h4-6,9-10,14,18-19H,3,7-8,11-13,15H2,1-2H3,(H2,25,27)(H2,26,28,31). The van der Waals surface area contributed by atoms with E-state index in [-0.39, 0.29) is 12.1 Å². The number of aryl methyl sites for hydroxylation is 2. The lowest BCUT2D eigenvalue weighted by molar-refractivity contribution is 0.126. The van der Waals surface area contributed by atoms with Crippen LogP contribution in [0.2, 0.25) is 0 Å². The van der Waals surface area contributed by atoms with E-state index in [4.69, 9.17) is 10.5 Å². The number of nitrogens with one attached hydrogen (secondary N) is 2. The number of carbonyl (C=O) groups excluding carboxylic acids is 1. The van der Waals surface area contributed by atoms with Crippen LogP contribution in [-0.2, 0) is 17.9 Å². The number of nitrogens with zero attached hydrogens (tertiary/aromatic N) is 3. The molecule has 8 nitrogen and oxygen atoms in total. The number of anilines is 1. The number of amides is 2. The number of imidazole rings is 1. The van der Waals surface area contributed by atoms with E-state index >= 15 is 0 Å². The van der Waals surface area contributed by atoms with Crippen molar-refractivity contribution < 1.29 is 9.53 Å². The van der Waals surface area contributed by atoms with Gasteiger partial charge in [-0.15, -0.1) is 0 Å². The summed E-state index contributed by atoms with van der Waals surface area (Å²) in [6.45, 7) is 6.46. The molecule has 2 atom stereocenters. The normalized spacial score (nSPS) is 17.4. The Kier molecular flexibility index (Phi) is 6.90. The van der Waals surface area contributed by atoms with Crippen LogP contribution >= 0.6 is 0 Å². The molecule has 2 amide bonds. The van der Waals surface area contributed by atoms with E-state index in [0.717, 1.165) is 48.2 Å². The first kappa shape index (κ1) is 22.1. The predicted molar refractivity (Wildman–Crippen MR) is 125 cm³/mol. The first-order chi connectivity index (χ1) is 15.6. The van der Waals surface area contributed by atoms with Gasteiger partial charge in [0.15, 0.2) is 5.82 Å². The van der Waals surface area contributed by atoms with Crippen LogP contribution in [0, 0.1) is 6.92 Å². The lowest BCUT2D eigenvalue weighted by Gasteiger charge is -2.11. The molecule has 0 radical (unpaired) electrons. The number of unbranched alkanes of at least 4 members (excludes halogenated alkanes) is 1. The first-order valence-electron chi connectivity index (χ1n) is 11.4. The molecule has 1 aliphatic carbocycles. The summed E-state index contributed by atoms with van der Waals surface area (Å²) in [5.74, 6) is 1.73. The summed E-state index contributed by atoms with van der Waals surface area (Å²) in [4.78, 5) is 21.1.